The number of allylic oxidation sites excluding steroid dienone is 1. The van der Waals surface area contributed by atoms with Crippen molar-refractivity contribution in [1.82, 2.24) is 4.90 Å². The van der Waals surface area contributed by atoms with E-state index in [9.17, 15) is 0 Å². The Balaban J connectivity index is 1.97. The second-order valence-electron chi connectivity index (χ2n) is 6.50. The molecule has 1 heterocycles. The summed E-state index contributed by atoms with van der Waals surface area (Å²) in [7, 11) is 2.12. The van der Waals surface area contributed by atoms with Gasteiger partial charge in [0.15, 0.2) is 0 Å². The van der Waals surface area contributed by atoms with Crippen LogP contribution in [0.25, 0.3) is 10.1 Å². The summed E-state index contributed by atoms with van der Waals surface area (Å²) in [6.07, 6.45) is 4.06. The Bertz CT molecular complexity index is 725. The van der Waals surface area contributed by atoms with Crippen molar-refractivity contribution < 1.29 is 0 Å². The van der Waals surface area contributed by atoms with Gasteiger partial charge in [0.2, 0.25) is 0 Å². The lowest BCUT2D eigenvalue weighted by molar-refractivity contribution is 0.365. The van der Waals surface area contributed by atoms with Gasteiger partial charge in [-0.1, -0.05) is 41.7 Å². The maximum absolute atomic E-state index is 6.13. The molecule has 0 amide bonds. The summed E-state index contributed by atoms with van der Waals surface area (Å²) in [6.45, 7) is 8.14. The van der Waals surface area contributed by atoms with Crippen molar-refractivity contribution in [3.05, 3.63) is 46.3 Å². The number of nitrogens with zero attached hydrogens (tertiary/aromatic N) is 1. The molecule has 2 aromatic rings. The maximum atomic E-state index is 6.13. The van der Waals surface area contributed by atoms with E-state index in [2.05, 4.69) is 74.9 Å². The summed E-state index contributed by atoms with van der Waals surface area (Å²) in [5, 5.41) is 1.26. The van der Waals surface area contributed by atoms with Crippen LogP contribution in [-0.2, 0) is 6.54 Å². The summed E-state index contributed by atoms with van der Waals surface area (Å²) in [6, 6.07) is 8.46. The topological polar surface area (TPSA) is 3.24 Å². The molecule has 1 aromatic heterocycles. The number of benzene rings is 1. The molecule has 1 aromatic carbocycles. The van der Waals surface area contributed by atoms with E-state index in [-0.39, 0.29) is 5.41 Å². The molecule has 0 spiro atoms. The van der Waals surface area contributed by atoms with Crippen molar-refractivity contribution in [2.75, 3.05) is 13.6 Å². The second kappa shape index (κ2) is 7.33. The van der Waals surface area contributed by atoms with Crippen LogP contribution in [0.1, 0.15) is 26.3 Å². The van der Waals surface area contributed by atoms with E-state index in [0.29, 0.717) is 0 Å². The SMILES string of the molecule is CN(C/C=C/C#CC(C)(C)C)Cc1cccc2sc(Cl)cc12. The molecule has 3 heteroatoms. The second-order valence-corrected chi connectivity index (χ2v) is 8.21. The fourth-order valence-electron chi connectivity index (χ4n) is 2.13. The number of thiophene rings is 1. The molecule has 0 bridgehead atoms. The molecule has 2 rings (SSSR count). The molecule has 0 radical (unpaired) electrons. The zero-order chi connectivity index (χ0) is 16.2. The van der Waals surface area contributed by atoms with Crippen LogP contribution in [0, 0.1) is 17.3 Å². The third-order valence-electron chi connectivity index (χ3n) is 3.13. The van der Waals surface area contributed by atoms with Crippen LogP contribution in [0.2, 0.25) is 4.34 Å². The lowest BCUT2D eigenvalue weighted by atomic mass is 9.98. The molecule has 0 fully saturated rings. The van der Waals surface area contributed by atoms with Gasteiger partial charge in [0.25, 0.3) is 0 Å². The molecular weight excluding hydrogens is 310 g/mol. The van der Waals surface area contributed by atoms with E-state index < -0.39 is 0 Å². The van der Waals surface area contributed by atoms with Crippen LogP contribution in [-0.4, -0.2) is 18.5 Å². The van der Waals surface area contributed by atoms with Gasteiger partial charge in [0, 0.05) is 23.2 Å². The highest BCUT2D eigenvalue weighted by atomic mass is 35.5. The summed E-state index contributed by atoms with van der Waals surface area (Å²) in [5.74, 6) is 6.31. The van der Waals surface area contributed by atoms with Gasteiger partial charge in [-0.3, -0.25) is 4.90 Å². The molecule has 0 saturated carbocycles. The lowest BCUT2D eigenvalue weighted by Crippen LogP contribution is -2.17. The minimum Gasteiger partial charge on any atom is -0.298 e. The summed E-state index contributed by atoms with van der Waals surface area (Å²) >= 11 is 7.76. The minimum absolute atomic E-state index is 0.0596. The molecule has 0 unspecified atom stereocenters. The standard InChI is InChI=1S/C19H22ClNS/c1-19(2,3)11-6-5-7-12-21(4)14-15-9-8-10-17-16(15)13-18(20)22-17/h5,7-10,13H,12,14H2,1-4H3/b7-5+. The third-order valence-corrected chi connectivity index (χ3v) is 4.36. The van der Waals surface area contributed by atoms with Crippen molar-refractivity contribution in [3.63, 3.8) is 0 Å². The van der Waals surface area contributed by atoms with E-state index in [1.165, 1.54) is 15.6 Å². The Morgan fingerprint density at radius 3 is 2.82 bits per heavy atom. The van der Waals surface area contributed by atoms with Crippen LogP contribution in [0.5, 0.6) is 0 Å². The smallest absolute Gasteiger partial charge is 0.0940 e. The van der Waals surface area contributed by atoms with Crippen LogP contribution in [0.4, 0.5) is 0 Å². The predicted molar refractivity (Wildman–Crippen MR) is 99.5 cm³/mol. The largest absolute Gasteiger partial charge is 0.298 e. The molecule has 0 aliphatic rings. The van der Waals surface area contributed by atoms with Gasteiger partial charge in [0.1, 0.15) is 0 Å². The van der Waals surface area contributed by atoms with E-state index >= 15 is 0 Å². The van der Waals surface area contributed by atoms with Crippen LogP contribution >= 0.6 is 22.9 Å². The van der Waals surface area contributed by atoms with Crippen molar-refractivity contribution in [2.24, 2.45) is 5.41 Å². The van der Waals surface area contributed by atoms with Gasteiger partial charge < -0.3 is 0 Å². The monoisotopic (exact) mass is 331 g/mol. The van der Waals surface area contributed by atoms with Crippen LogP contribution < -0.4 is 0 Å². The van der Waals surface area contributed by atoms with Crippen molar-refractivity contribution in [1.29, 1.82) is 0 Å². The highest BCUT2D eigenvalue weighted by molar-refractivity contribution is 7.22. The number of fused-ring (bicyclic) bond motifs is 1. The third kappa shape index (κ3) is 5.18. The Morgan fingerprint density at radius 2 is 2.09 bits per heavy atom. The number of hydrogen-bond donors (Lipinski definition) is 0. The molecule has 0 N–H and O–H groups in total. The average Bonchev–Trinajstić information content (AvgIpc) is 2.78. The van der Waals surface area contributed by atoms with Gasteiger partial charge >= 0.3 is 0 Å². The Hall–Kier alpha value is -1.27. The van der Waals surface area contributed by atoms with Gasteiger partial charge in [0.05, 0.1) is 4.34 Å². The van der Waals surface area contributed by atoms with Gasteiger partial charge in [-0.05, 0) is 57.0 Å². The van der Waals surface area contributed by atoms with E-state index in [1.807, 2.05) is 6.08 Å². The quantitative estimate of drug-likeness (QED) is 0.660. The number of rotatable bonds is 4. The first-order valence-electron chi connectivity index (χ1n) is 7.38. The molecule has 0 aliphatic heterocycles. The van der Waals surface area contributed by atoms with Crippen LogP contribution in [0.3, 0.4) is 0 Å². The van der Waals surface area contributed by atoms with Gasteiger partial charge in [-0.25, -0.2) is 0 Å². The highest BCUT2D eigenvalue weighted by Gasteiger charge is 2.06. The van der Waals surface area contributed by atoms with Crippen molar-refractivity contribution in [3.8, 4) is 11.8 Å². The fraction of sp³-hybridized carbons (Fsp3) is 0.368. The average molecular weight is 332 g/mol. The first kappa shape index (κ1) is 17.1. The Labute approximate surface area is 142 Å². The van der Waals surface area contributed by atoms with Crippen molar-refractivity contribution >= 4 is 33.0 Å². The molecule has 22 heavy (non-hydrogen) atoms. The molecule has 1 nitrogen and oxygen atoms in total. The minimum atomic E-state index is 0.0596. The van der Waals surface area contributed by atoms with Gasteiger partial charge in [-0.2, -0.15) is 0 Å². The zero-order valence-electron chi connectivity index (χ0n) is 13.6. The van der Waals surface area contributed by atoms with E-state index in [0.717, 1.165) is 17.4 Å². The number of likely N-dealkylation sites (N-methyl/N-ethyl adjacent to an activating group) is 1. The first-order valence-corrected chi connectivity index (χ1v) is 8.58. The summed E-state index contributed by atoms with van der Waals surface area (Å²) in [4.78, 5) is 2.27. The first-order chi connectivity index (χ1) is 10.3. The predicted octanol–water partition coefficient (Wildman–Crippen LogP) is 5.59. The lowest BCUT2D eigenvalue weighted by Gasteiger charge is -2.14. The molecule has 0 atom stereocenters. The van der Waals surface area contributed by atoms with Crippen LogP contribution in [0.15, 0.2) is 36.4 Å². The van der Waals surface area contributed by atoms with Gasteiger partial charge in [-0.15, -0.1) is 11.3 Å². The van der Waals surface area contributed by atoms with E-state index in [4.69, 9.17) is 11.6 Å². The Morgan fingerprint density at radius 1 is 1.32 bits per heavy atom. The number of hydrogen-bond acceptors (Lipinski definition) is 2. The summed E-state index contributed by atoms with van der Waals surface area (Å²) < 4.78 is 2.10. The molecule has 0 saturated heterocycles. The number of halogens is 1. The Kier molecular flexibility index (Phi) is 5.69. The normalized spacial score (nSPS) is 12.1. The molecule has 0 aliphatic carbocycles. The molecular formula is C19H22ClNS. The van der Waals surface area contributed by atoms with E-state index in [1.54, 1.807) is 11.3 Å². The molecule has 116 valence electrons. The van der Waals surface area contributed by atoms with Crippen molar-refractivity contribution in [2.45, 2.75) is 27.3 Å². The maximum Gasteiger partial charge on any atom is 0.0940 e. The summed E-state index contributed by atoms with van der Waals surface area (Å²) in [5.41, 5.74) is 1.38. The fourth-order valence-corrected chi connectivity index (χ4v) is 3.33. The highest BCUT2D eigenvalue weighted by Crippen LogP contribution is 2.31. The zero-order valence-corrected chi connectivity index (χ0v) is 15.2.